The molecule has 0 fully saturated rings. The Balaban J connectivity index is 2.54. The minimum absolute atomic E-state index is 0.0663. The fourth-order valence-corrected chi connectivity index (χ4v) is 2.59. The minimum atomic E-state index is -5.11. The van der Waals surface area contributed by atoms with E-state index in [0.29, 0.717) is 0 Å². The van der Waals surface area contributed by atoms with Crippen molar-refractivity contribution < 1.29 is 38.7 Å². The number of hydrogen-bond donors (Lipinski definition) is 4. The Morgan fingerprint density at radius 3 is 2.52 bits per heavy atom. The van der Waals surface area contributed by atoms with E-state index in [0.717, 1.165) is 0 Å². The monoisotopic (exact) mass is 415 g/mol. The molecule has 142 valence electrons. The molecule has 11 nitrogen and oxygen atoms in total. The lowest BCUT2D eigenvalue weighted by Crippen LogP contribution is -1.99. The third-order valence-electron chi connectivity index (χ3n) is 3.09. The molecule has 0 radical (unpaired) electrons. The van der Waals surface area contributed by atoms with Crippen molar-refractivity contribution in [3.63, 3.8) is 0 Å². The number of aromatic nitrogens is 1. The number of aromatic hydroxyl groups is 1. The van der Waals surface area contributed by atoms with E-state index in [9.17, 15) is 19.3 Å². The lowest BCUT2D eigenvalue weighted by atomic mass is 10.2. The molecule has 2 rings (SSSR count). The Bertz CT molecular complexity index is 1000. The second kappa shape index (κ2) is 7.80. The van der Waals surface area contributed by atoms with E-state index in [1.54, 1.807) is 0 Å². The van der Waals surface area contributed by atoms with Gasteiger partial charge in [-0.25, -0.2) is 14.3 Å². The number of carbonyl (C=O) groups is 2. The molecule has 0 bridgehead atoms. The van der Waals surface area contributed by atoms with Crippen LogP contribution in [-0.2, 0) is 4.57 Å². The first kappa shape index (κ1) is 20.5. The van der Waals surface area contributed by atoms with E-state index in [1.165, 1.54) is 25.1 Å². The van der Waals surface area contributed by atoms with E-state index >= 15 is 0 Å². The Morgan fingerprint density at radius 1 is 1.33 bits per heavy atom. The standard InChI is InChI=1S/C14H11ClN3O8P/c1-6-11(20)9(5-19)12(26-27(23,24)25)13(16-6)18-17-7-2-3-8(14(21)22)10(15)4-7/h2-5,20H,1H3,(H,21,22)(H2,23,24,25). The normalized spacial score (nSPS) is 11.6. The number of phosphoric ester groups is 1. The number of rotatable bonds is 6. The van der Waals surface area contributed by atoms with Crippen molar-refractivity contribution >= 4 is 43.2 Å². The Morgan fingerprint density at radius 2 is 2.00 bits per heavy atom. The van der Waals surface area contributed by atoms with Crippen LogP contribution >= 0.6 is 19.4 Å². The lowest BCUT2D eigenvalue weighted by molar-refractivity contribution is 0.0697. The van der Waals surface area contributed by atoms with E-state index in [-0.39, 0.29) is 28.3 Å². The van der Waals surface area contributed by atoms with E-state index < -0.39 is 36.7 Å². The first-order valence-electron chi connectivity index (χ1n) is 6.92. The molecule has 0 atom stereocenters. The zero-order valence-corrected chi connectivity index (χ0v) is 15.0. The highest BCUT2D eigenvalue weighted by Crippen LogP contribution is 2.46. The van der Waals surface area contributed by atoms with E-state index in [4.69, 9.17) is 26.5 Å². The van der Waals surface area contributed by atoms with Crippen molar-refractivity contribution in [1.82, 2.24) is 4.98 Å². The van der Waals surface area contributed by atoms with Gasteiger partial charge in [-0.3, -0.25) is 14.6 Å². The topological polar surface area (TPSA) is 179 Å². The molecular formula is C14H11ClN3O8P. The van der Waals surface area contributed by atoms with E-state index in [2.05, 4.69) is 19.7 Å². The molecule has 1 aromatic heterocycles. The smallest absolute Gasteiger partial charge is 0.505 e. The van der Waals surface area contributed by atoms with Crippen LogP contribution in [0.4, 0.5) is 11.5 Å². The van der Waals surface area contributed by atoms with Crippen LogP contribution in [0.25, 0.3) is 0 Å². The molecule has 13 heteroatoms. The molecule has 0 unspecified atom stereocenters. The number of halogens is 1. The molecule has 2 aromatic rings. The number of pyridine rings is 1. The first-order valence-corrected chi connectivity index (χ1v) is 8.82. The number of carbonyl (C=O) groups excluding carboxylic acids is 1. The van der Waals surface area contributed by atoms with Gasteiger partial charge in [-0.2, -0.15) is 0 Å². The van der Waals surface area contributed by atoms with Gasteiger partial charge in [0, 0.05) is 0 Å². The third kappa shape index (κ3) is 4.86. The van der Waals surface area contributed by atoms with Crippen molar-refractivity contribution in [3.8, 4) is 11.5 Å². The van der Waals surface area contributed by atoms with E-state index in [1.807, 2.05) is 0 Å². The summed E-state index contributed by atoms with van der Waals surface area (Å²) in [6.07, 6.45) is 0.118. The summed E-state index contributed by atoms with van der Waals surface area (Å²) < 4.78 is 15.5. The summed E-state index contributed by atoms with van der Waals surface area (Å²) in [6, 6.07) is 3.64. The van der Waals surface area contributed by atoms with Crippen LogP contribution in [0.5, 0.6) is 11.5 Å². The summed E-state index contributed by atoms with van der Waals surface area (Å²) in [7, 11) is -5.11. The zero-order valence-electron chi connectivity index (χ0n) is 13.4. The largest absolute Gasteiger partial charge is 0.524 e. The van der Waals surface area contributed by atoms with Gasteiger partial charge in [0.15, 0.2) is 17.8 Å². The highest BCUT2D eigenvalue weighted by Gasteiger charge is 2.26. The van der Waals surface area contributed by atoms with Gasteiger partial charge in [0.05, 0.1) is 22.0 Å². The van der Waals surface area contributed by atoms with Crippen molar-refractivity contribution in [2.75, 3.05) is 0 Å². The number of aldehydes is 1. The number of azo groups is 1. The maximum absolute atomic E-state index is 11.2. The number of aromatic carboxylic acids is 1. The quantitative estimate of drug-likeness (QED) is 0.313. The van der Waals surface area contributed by atoms with Crippen LogP contribution in [0.2, 0.25) is 5.02 Å². The number of hydrogen-bond acceptors (Lipinski definition) is 8. The van der Waals surface area contributed by atoms with Gasteiger partial charge in [0.1, 0.15) is 5.56 Å². The second-order valence-electron chi connectivity index (χ2n) is 4.98. The minimum Gasteiger partial charge on any atom is -0.505 e. The van der Waals surface area contributed by atoms with Gasteiger partial charge >= 0.3 is 13.8 Å². The SMILES string of the molecule is Cc1nc(N=Nc2ccc(C(=O)O)c(Cl)c2)c(OP(=O)(O)O)c(C=O)c1O. The summed E-state index contributed by atoms with van der Waals surface area (Å²) in [5.74, 6) is -3.14. The van der Waals surface area contributed by atoms with Crippen LogP contribution in [0.15, 0.2) is 28.4 Å². The molecule has 0 amide bonds. The predicted octanol–water partition coefficient (Wildman–Crippen LogP) is 3.15. The number of benzene rings is 1. The maximum atomic E-state index is 11.2. The average Bonchev–Trinajstić information content (AvgIpc) is 2.55. The number of aryl methyl sites for hydroxylation is 1. The molecule has 0 aliphatic heterocycles. The molecule has 0 spiro atoms. The van der Waals surface area contributed by atoms with Gasteiger partial charge in [-0.15, -0.1) is 10.2 Å². The molecule has 4 N–H and O–H groups in total. The van der Waals surface area contributed by atoms with Crippen molar-refractivity contribution in [2.24, 2.45) is 10.2 Å². The van der Waals surface area contributed by atoms with Crippen molar-refractivity contribution in [2.45, 2.75) is 6.92 Å². The van der Waals surface area contributed by atoms with Crippen LogP contribution in [0.1, 0.15) is 26.4 Å². The summed E-state index contributed by atoms with van der Waals surface area (Å²) >= 11 is 5.81. The molecule has 1 heterocycles. The molecule has 27 heavy (non-hydrogen) atoms. The molecular weight excluding hydrogens is 405 g/mol. The molecule has 0 aliphatic rings. The van der Waals surface area contributed by atoms with Crippen LogP contribution in [0.3, 0.4) is 0 Å². The van der Waals surface area contributed by atoms with Crippen LogP contribution in [-0.4, -0.2) is 37.2 Å². The number of carboxylic acid groups (broad SMARTS) is 1. The molecule has 0 saturated heterocycles. The van der Waals surface area contributed by atoms with Gasteiger partial charge in [-0.05, 0) is 25.1 Å². The summed E-state index contributed by atoms with van der Waals surface area (Å²) in [5, 5.41) is 26.0. The highest BCUT2D eigenvalue weighted by atomic mass is 35.5. The maximum Gasteiger partial charge on any atom is 0.524 e. The second-order valence-corrected chi connectivity index (χ2v) is 6.55. The van der Waals surface area contributed by atoms with Crippen LogP contribution in [0, 0.1) is 6.92 Å². The Kier molecular flexibility index (Phi) is 5.91. The Hall–Kier alpha value is -2.85. The number of phosphoric acid groups is 1. The van der Waals surface area contributed by atoms with Gasteiger partial charge in [-0.1, -0.05) is 11.6 Å². The highest BCUT2D eigenvalue weighted by molar-refractivity contribution is 7.46. The Labute approximate surface area is 156 Å². The summed E-state index contributed by atoms with van der Waals surface area (Å²) in [6.45, 7) is 1.32. The van der Waals surface area contributed by atoms with Gasteiger partial charge in [0.25, 0.3) is 0 Å². The molecule has 0 saturated carbocycles. The predicted molar refractivity (Wildman–Crippen MR) is 91.3 cm³/mol. The van der Waals surface area contributed by atoms with Crippen LogP contribution < -0.4 is 4.52 Å². The molecule has 0 aliphatic carbocycles. The fourth-order valence-electron chi connectivity index (χ4n) is 1.92. The average molecular weight is 416 g/mol. The van der Waals surface area contributed by atoms with Gasteiger partial charge in [0.2, 0.25) is 5.82 Å². The number of nitrogens with zero attached hydrogens (tertiary/aromatic N) is 3. The fraction of sp³-hybridized carbons (Fsp3) is 0.0714. The lowest BCUT2D eigenvalue weighted by Gasteiger charge is -2.12. The first-order chi connectivity index (χ1) is 12.5. The van der Waals surface area contributed by atoms with Crippen molar-refractivity contribution in [3.05, 3.63) is 40.0 Å². The van der Waals surface area contributed by atoms with Gasteiger partial charge < -0.3 is 14.7 Å². The molecule has 1 aromatic carbocycles. The zero-order chi connectivity index (χ0) is 20.4. The third-order valence-corrected chi connectivity index (χ3v) is 3.82. The summed E-state index contributed by atoms with van der Waals surface area (Å²) in [4.78, 5) is 43.9. The number of carboxylic acids is 1. The van der Waals surface area contributed by atoms with Crippen molar-refractivity contribution in [1.29, 1.82) is 0 Å². The summed E-state index contributed by atoms with van der Waals surface area (Å²) in [5.41, 5.74) is -0.710.